The molecular formula is C18H19ClO2S2. The van der Waals surface area contributed by atoms with Crippen molar-refractivity contribution in [3.8, 4) is 0 Å². The molecule has 23 heavy (non-hydrogen) atoms. The Morgan fingerprint density at radius 2 is 1.52 bits per heavy atom. The summed E-state index contributed by atoms with van der Waals surface area (Å²) in [5.74, 6) is 0. The zero-order valence-electron chi connectivity index (χ0n) is 13.3. The van der Waals surface area contributed by atoms with Gasteiger partial charge in [-0.05, 0) is 47.4 Å². The topological polar surface area (TPSA) is 34.1 Å². The molecule has 0 atom stereocenters. The highest BCUT2D eigenvalue weighted by molar-refractivity contribution is 8.18. The van der Waals surface area contributed by atoms with Gasteiger partial charge in [-0.3, -0.25) is 0 Å². The maximum atomic E-state index is 12.5. The Kier molecular flexibility index (Phi) is 5.29. The van der Waals surface area contributed by atoms with E-state index >= 15 is 0 Å². The molecule has 0 amide bonds. The van der Waals surface area contributed by atoms with Crippen LogP contribution in [-0.2, 0) is 15.3 Å². The average Bonchev–Trinajstić information content (AvgIpc) is 2.47. The van der Waals surface area contributed by atoms with E-state index in [1.807, 2.05) is 24.3 Å². The maximum Gasteiger partial charge on any atom is 0.212 e. The summed E-state index contributed by atoms with van der Waals surface area (Å²) >= 11 is 6.95. The lowest BCUT2D eigenvalue weighted by molar-refractivity contribution is 0.589. The van der Waals surface area contributed by atoms with Crippen molar-refractivity contribution in [3.05, 3.63) is 69.9 Å². The summed E-state index contributed by atoms with van der Waals surface area (Å²) in [5, 5.41) is 0.500. The molecule has 0 N–H and O–H groups in total. The second-order valence-corrected chi connectivity index (χ2v) is 10.0. The lowest BCUT2D eigenvalue weighted by Gasteiger charge is -2.19. The van der Waals surface area contributed by atoms with Crippen molar-refractivity contribution in [2.75, 3.05) is 0 Å². The fourth-order valence-electron chi connectivity index (χ4n) is 1.95. The van der Waals surface area contributed by atoms with Gasteiger partial charge in [-0.2, -0.15) is 0 Å². The Morgan fingerprint density at radius 1 is 1.00 bits per heavy atom. The van der Waals surface area contributed by atoms with E-state index in [0.29, 0.717) is 5.02 Å². The highest BCUT2D eigenvalue weighted by atomic mass is 35.5. The van der Waals surface area contributed by atoms with Crippen LogP contribution in [-0.4, -0.2) is 8.42 Å². The van der Waals surface area contributed by atoms with E-state index in [0.717, 1.165) is 16.7 Å². The third-order valence-corrected chi connectivity index (χ3v) is 6.76. The van der Waals surface area contributed by atoms with E-state index in [9.17, 15) is 8.42 Å². The van der Waals surface area contributed by atoms with Crippen molar-refractivity contribution in [1.82, 2.24) is 0 Å². The van der Waals surface area contributed by atoms with E-state index in [1.165, 1.54) is 17.7 Å². The Bertz CT molecular complexity index is 800. The molecule has 0 aliphatic rings. The summed E-state index contributed by atoms with van der Waals surface area (Å²) in [6, 6.07) is 14.0. The molecular weight excluding hydrogens is 348 g/mol. The number of hydrogen-bond acceptors (Lipinski definition) is 3. The van der Waals surface area contributed by atoms with Crippen LogP contribution >= 0.6 is 23.4 Å². The van der Waals surface area contributed by atoms with Crippen LogP contribution in [0.2, 0.25) is 5.02 Å². The third-order valence-electron chi connectivity index (χ3n) is 3.38. The first-order valence-corrected chi connectivity index (χ1v) is 9.76. The minimum Gasteiger partial charge on any atom is -0.218 e. The van der Waals surface area contributed by atoms with Crippen molar-refractivity contribution in [1.29, 1.82) is 0 Å². The van der Waals surface area contributed by atoms with Crippen LogP contribution in [0.4, 0.5) is 0 Å². The minimum atomic E-state index is -3.58. The summed E-state index contributed by atoms with van der Waals surface area (Å²) in [6.45, 7) is 10.1. The SMILES string of the molecule is C=C(Sc1ccc(C(C)(C)C)cc1)S(=O)(=O)c1ccc(Cl)cc1. The first-order chi connectivity index (χ1) is 10.6. The Labute approximate surface area is 147 Å². The Morgan fingerprint density at radius 3 is 2.00 bits per heavy atom. The second-order valence-electron chi connectivity index (χ2n) is 6.21. The van der Waals surface area contributed by atoms with Gasteiger partial charge in [0, 0.05) is 9.92 Å². The molecule has 0 radical (unpaired) electrons. The van der Waals surface area contributed by atoms with Gasteiger partial charge >= 0.3 is 0 Å². The quantitative estimate of drug-likeness (QED) is 0.653. The highest BCUT2D eigenvalue weighted by Crippen LogP contribution is 2.34. The summed E-state index contributed by atoms with van der Waals surface area (Å²) in [7, 11) is -3.58. The molecule has 0 heterocycles. The van der Waals surface area contributed by atoms with Gasteiger partial charge in [-0.1, -0.05) is 62.8 Å². The van der Waals surface area contributed by atoms with Gasteiger partial charge in [-0.15, -0.1) is 0 Å². The van der Waals surface area contributed by atoms with E-state index < -0.39 is 9.84 Å². The summed E-state index contributed by atoms with van der Waals surface area (Å²) in [4.78, 5) is 1.05. The molecule has 0 fully saturated rings. The number of benzene rings is 2. The molecule has 0 saturated heterocycles. The molecule has 0 aliphatic heterocycles. The van der Waals surface area contributed by atoms with Gasteiger partial charge in [0.05, 0.1) is 4.90 Å². The number of halogens is 1. The zero-order chi connectivity index (χ0) is 17.3. The maximum absolute atomic E-state index is 12.5. The van der Waals surface area contributed by atoms with Gasteiger partial charge < -0.3 is 0 Å². The van der Waals surface area contributed by atoms with Gasteiger partial charge in [0.2, 0.25) is 9.84 Å². The summed E-state index contributed by atoms with van der Waals surface area (Å²) in [5.41, 5.74) is 1.27. The molecule has 0 spiro atoms. The largest absolute Gasteiger partial charge is 0.218 e. The van der Waals surface area contributed by atoms with E-state index in [1.54, 1.807) is 12.1 Å². The van der Waals surface area contributed by atoms with Crippen LogP contribution in [0.25, 0.3) is 0 Å². The monoisotopic (exact) mass is 366 g/mol. The van der Waals surface area contributed by atoms with Crippen LogP contribution in [0.5, 0.6) is 0 Å². The first-order valence-electron chi connectivity index (χ1n) is 7.09. The number of hydrogen-bond donors (Lipinski definition) is 0. The van der Waals surface area contributed by atoms with Crippen LogP contribution < -0.4 is 0 Å². The molecule has 0 saturated carbocycles. The highest BCUT2D eigenvalue weighted by Gasteiger charge is 2.20. The van der Waals surface area contributed by atoms with Crippen LogP contribution in [0.3, 0.4) is 0 Å². The fraction of sp³-hybridized carbons (Fsp3) is 0.222. The standard InChI is InChI=1S/C18H19ClO2S2/c1-13(23(20,21)17-11-7-15(19)8-12-17)22-16-9-5-14(6-10-16)18(2,3)4/h5-12H,1H2,2-4H3. The molecule has 5 heteroatoms. The molecule has 2 aromatic carbocycles. The van der Waals surface area contributed by atoms with Gasteiger partial charge in [0.1, 0.15) is 4.24 Å². The number of rotatable bonds is 4. The molecule has 0 unspecified atom stereocenters. The molecule has 2 nitrogen and oxygen atoms in total. The van der Waals surface area contributed by atoms with Gasteiger partial charge in [0.25, 0.3) is 0 Å². The van der Waals surface area contributed by atoms with Crippen LogP contribution in [0, 0.1) is 0 Å². The minimum absolute atomic E-state index is 0.0651. The molecule has 2 aromatic rings. The van der Waals surface area contributed by atoms with Crippen molar-refractivity contribution in [3.63, 3.8) is 0 Å². The number of thioether (sulfide) groups is 1. The van der Waals surface area contributed by atoms with Crippen molar-refractivity contribution in [2.45, 2.75) is 36.0 Å². The van der Waals surface area contributed by atoms with Gasteiger partial charge in [0.15, 0.2) is 0 Å². The predicted molar refractivity (Wildman–Crippen MR) is 98.8 cm³/mol. The third kappa shape index (κ3) is 4.40. The zero-order valence-corrected chi connectivity index (χ0v) is 15.7. The molecule has 122 valence electrons. The predicted octanol–water partition coefficient (Wildman–Crippen LogP) is 5.67. The van der Waals surface area contributed by atoms with Crippen molar-refractivity contribution >= 4 is 33.2 Å². The molecule has 0 aromatic heterocycles. The van der Waals surface area contributed by atoms with E-state index in [-0.39, 0.29) is 14.5 Å². The second kappa shape index (κ2) is 6.71. The lowest BCUT2D eigenvalue weighted by Crippen LogP contribution is -2.10. The number of sulfone groups is 1. The molecule has 2 rings (SSSR count). The fourth-order valence-corrected chi connectivity index (χ4v) is 4.39. The van der Waals surface area contributed by atoms with Crippen LogP contribution in [0.15, 0.2) is 69.1 Å². The summed E-state index contributed by atoms with van der Waals surface area (Å²) < 4.78 is 25.1. The van der Waals surface area contributed by atoms with Crippen molar-refractivity contribution < 1.29 is 8.42 Å². The lowest BCUT2D eigenvalue weighted by atomic mass is 9.87. The molecule has 0 aliphatic carbocycles. The summed E-state index contributed by atoms with van der Waals surface area (Å²) in [6.07, 6.45) is 0. The average molecular weight is 367 g/mol. The van der Waals surface area contributed by atoms with Crippen molar-refractivity contribution in [2.24, 2.45) is 0 Å². The Hall–Kier alpha value is -1.23. The van der Waals surface area contributed by atoms with E-state index in [2.05, 4.69) is 27.4 Å². The normalized spacial score (nSPS) is 12.2. The van der Waals surface area contributed by atoms with E-state index in [4.69, 9.17) is 11.6 Å². The smallest absolute Gasteiger partial charge is 0.212 e. The van der Waals surface area contributed by atoms with Gasteiger partial charge in [-0.25, -0.2) is 8.42 Å². The first kappa shape index (κ1) is 18.1. The molecule has 0 bridgehead atoms. The van der Waals surface area contributed by atoms with Crippen LogP contribution in [0.1, 0.15) is 26.3 Å². The Balaban J connectivity index is 2.19.